The minimum absolute atomic E-state index is 0.0301. The molecule has 1 heterocycles. The molecule has 12 heteroatoms. The lowest BCUT2D eigenvalue weighted by Crippen LogP contribution is -2.49. The zero-order chi connectivity index (χ0) is 27.4. The van der Waals surface area contributed by atoms with Crippen LogP contribution in [0.4, 0.5) is 5.69 Å². The fraction of sp³-hybridized carbons (Fsp3) is 0.538. The molecule has 0 radical (unpaired) electrons. The van der Waals surface area contributed by atoms with Gasteiger partial charge in [-0.2, -0.15) is 4.37 Å². The van der Waals surface area contributed by atoms with Crippen LogP contribution in [-0.4, -0.2) is 60.4 Å². The predicted octanol–water partition coefficient (Wildman–Crippen LogP) is 3.03. The van der Waals surface area contributed by atoms with E-state index in [1.807, 2.05) is 0 Å². The Balaban J connectivity index is 1.86. The number of nitrogens with zero attached hydrogens (tertiary/aromatic N) is 2. The van der Waals surface area contributed by atoms with Gasteiger partial charge in [0, 0.05) is 12.1 Å². The summed E-state index contributed by atoms with van der Waals surface area (Å²) in [5, 5.41) is 3.17. The second kappa shape index (κ2) is 11.9. The molecule has 11 nitrogen and oxygen atoms in total. The van der Waals surface area contributed by atoms with E-state index in [4.69, 9.17) is 25.7 Å². The third kappa shape index (κ3) is 5.35. The molecule has 1 atom stereocenters. The van der Waals surface area contributed by atoms with Crippen LogP contribution in [0.25, 0.3) is 0 Å². The Kier molecular flexibility index (Phi) is 8.60. The smallest absolute Gasteiger partial charge is 0.270 e. The fourth-order valence-corrected chi connectivity index (χ4v) is 6.22. The second-order valence-electron chi connectivity index (χ2n) is 9.64. The lowest BCUT2D eigenvalue weighted by Gasteiger charge is -2.36. The van der Waals surface area contributed by atoms with Gasteiger partial charge >= 0.3 is 0 Å². The maximum absolute atomic E-state index is 14.2. The van der Waals surface area contributed by atoms with Crippen LogP contribution < -0.4 is 31.0 Å². The van der Waals surface area contributed by atoms with Gasteiger partial charge in [0.25, 0.3) is 11.8 Å². The Morgan fingerprint density at radius 2 is 1.58 bits per heavy atom. The average molecular weight is 546 g/mol. The summed E-state index contributed by atoms with van der Waals surface area (Å²) in [7, 11) is 4.50. The van der Waals surface area contributed by atoms with Crippen LogP contribution in [-0.2, 0) is 4.79 Å². The molecule has 38 heavy (non-hydrogen) atoms. The molecule has 0 aliphatic heterocycles. The molecule has 4 rings (SSSR count). The number of benzene rings is 1. The number of nitrogen functional groups attached to an aromatic ring is 1. The van der Waals surface area contributed by atoms with Gasteiger partial charge in [-0.1, -0.05) is 25.7 Å². The standard InChI is InChI=1S/C26H35N5O6S/c1-35-17-12-14(13-18(36-2)22(17)37-3)21(25(33)29-15-8-4-5-9-15)31(16-10-6-7-11-16)26(34)23-19(27)20(24(28)32)30-38-23/h12-13,15-16,21H,4-11,27H2,1-3H3,(H2,28,32)(H,29,33)/t21-/m0/s1. The average Bonchev–Trinajstić information content (AvgIpc) is 3.68. The number of nitrogens with one attached hydrogen (secondary N) is 1. The summed E-state index contributed by atoms with van der Waals surface area (Å²) >= 11 is 0.810. The van der Waals surface area contributed by atoms with Crippen LogP contribution in [0.15, 0.2) is 12.1 Å². The van der Waals surface area contributed by atoms with Crippen molar-refractivity contribution in [3.8, 4) is 17.2 Å². The van der Waals surface area contributed by atoms with Crippen molar-refractivity contribution in [2.45, 2.75) is 69.5 Å². The van der Waals surface area contributed by atoms with Crippen molar-refractivity contribution in [2.24, 2.45) is 5.73 Å². The Labute approximate surface area is 225 Å². The summed E-state index contributed by atoms with van der Waals surface area (Å²) in [5.41, 5.74) is 11.9. The van der Waals surface area contributed by atoms with E-state index in [9.17, 15) is 14.4 Å². The number of primary amides is 1. The molecule has 2 saturated carbocycles. The van der Waals surface area contributed by atoms with Gasteiger partial charge in [0.05, 0.1) is 27.0 Å². The van der Waals surface area contributed by atoms with Crippen molar-refractivity contribution in [3.63, 3.8) is 0 Å². The van der Waals surface area contributed by atoms with E-state index in [1.54, 1.807) is 17.0 Å². The van der Waals surface area contributed by atoms with E-state index in [1.165, 1.54) is 21.3 Å². The molecule has 0 unspecified atom stereocenters. The molecular weight excluding hydrogens is 510 g/mol. The molecule has 206 valence electrons. The maximum Gasteiger partial charge on any atom is 0.270 e. The number of anilines is 1. The first-order valence-corrected chi connectivity index (χ1v) is 13.6. The third-order valence-corrected chi connectivity index (χ3v) is 8.19. The van der Waals surface area contributed by atoms with Crippen LogP contribution in [0.5, 0.6) is 17.2 Å². The molecule has 0 spiro atoms. The van der Waals surface area contributed by atoms with Gasteiger partial charge in [0.2, 0.25) is 11.7 Å². The van der Waals surface area contributed by atoms with E-state index in [-0.39, 0.29) is 34.2 Å². The van der Waals surface area contributed by atoms with Crippen molar-refractivity contribution in [2.75, 3.05) is 27.1 Å². The summed E-state index contributed by atoms with van der Waals surface area (Å²) in [6, 6.07) is 2.18. The van der Waals surface area contributed by atoms with Crippen molar-refractivity contribution >= 4 is 34.9 Å². The molecule has 5 N–H and O–H groups in total. The van der Waals surface area contributed by atoms with Crippen molar-refractivity contribution < 1.29 is 28.6 Å². The number of carbonyl (C=O) groups excluding carboxylic acids is 3. The van der Waals surface area contributed by atoms with Crippen LogP contribution in [0, 0.1) is 0 Å². The molecule has 1 aromatic heterocycles. The summed E-state index contributed by atoms with van der Waals surface area (Å²) < 4.78 is 20.6. The molecule has 2 aliphatic carbocycles. The van der Waals surface area contributed by atoms with Gasteiger partial charge < -0.3 is 35.9 Å². The van der Waals surface area contributed by atoms with Crippen molar-refractivity contribution in [3.05, 3.63) is 28.3 Å². The number of aromatic nitrogens is 1. The topological polar surface area (TPSA) is 159 Å². The lowest BCUT2D eigenvalue weighted by molar-refractivity contribution is -0.127. The number of hydrogen-bond acceptors (Lipinski definition) is 9. The van der Waals surface area contributed by atoms with Crippen molar-refractivity contribution in [1.29, 1.82) is 0 Å². The monoisotopic (exact) mass is 545 g/mol. The first-order valence-electron chi connectivity index (χ1n) is 12.8. The first kappa shape index (κ1) is 27.5. The minimum Gasteiger partial charge on any atom is -0.493 e. The summed E-state index contributed by atoms with van der Waals surface area (Å²) in [5.74, 6) is -0.472. The summed E-state index contributed by atoms with van der Waals surface area (Å²) in [4.78, 5) is 41.7. The highest BCUT2D eigenvalue weighted by Gasteiger charge is 2.41. The molecule has 0 bridgehead atoms. The fourth-order valence-electron chi connectivity index (χ4n) is 5.47. The maximum atomic E-state index is 14.2. The minimum atomic E-state index is -1.02. The summed E-state index contributed by atoms with van der Waals surface area (Å²) in [6.45, 7) is 0. The molecule has 0 saturated heterocycles. The van der Waals surface area contributed by atoms with Gasteiger partial charge in [-0.3, -0.25) is 14.4 Å². The van der Waals surface area contributed by atoms with Crippen LogP contribution in [0.3, 0.4) is 0 Å². The van der Waals surface area contributed by atoms with E-state index in [0.717, 1.165) is 62.9 Å². The highest BCUT2D eigenvalue weighted by Crippen LogP contribution is 2.43. The highest BCUT2D eigenvalue weighted by molar-refractivity contribution is 7.09. The molecule has 2 fully saturated rings. The quantitative estimate of drug-likeness (QED) is 0.411. The predicted molar refractivity (Wildman–Crippen MR) is 143 cm³/mol. The summed E-state index contributed by atoms with van der Waals surface area (Å²) in [6.07, 6.45) is 7.15. The van der Waals surface area contributed by atoms with Gasteiger partial charge in [-0.05, 0) is 54.9 Å². The first-order chi connectivity index (χ1) is 18.3. The van der Waals surface area contributed by atoms with Crippen LogP contribution in [0.1, 0.15) is 83.1 Å². The normalized spacial score (nSPS) is 16.7. The Bertz CT molecular complexity index is 1160. The number of carbonyl (C=O) groups is 3. The molecular formula is C26H35N5O6S. The number of methoxy groups -OCH3 is 3. The van der Waals surface area contributed by atoms with E-state index in [0.29, 0.717) is 22.8 Å². The van der Waals surface area contributed by atoms with Gasteiger partial charge in [-0.15, -0.1) is 0 Å². The van der Waals surface area contributed by atoms with E-state index >= 15 is 0 Å². The number of hydrogen-bond donors (Lipinski definition) is 3. The van der Waals surface area contributed by atoms with Gasteiger partial charge in [0.1, 0.15) is 10.9 Å². The number of nitrogens with two attached hydrogens (primary N) is 2. The van der Waals surface area contributed by atoms with Crippen LogP contribution in [0.2, 0.25) is 0 Å². The number of amides is 3. The second-order valence-corrected chi connectivity index (χ2v) is 10.4. The Morgan fingerprint density at radius 1 is 1.00 bits per heavy atom. The highest BCUT2D eigenvalue weighted by atomic mass is 32.1. The Morgan fingerprint density at radius 3 is 2.08 bits per heavy atom. The van der Waals surface area contributed by atoms with E-state index in [2.05, 4.69) is 9.69 Å². The van der Waals surface area contributed by atoms with Crippen LogP contribution >= 0.6 is 11.5 Å². The largest absolute Gasteiger partial charge is 0.493 e. The SMILES string of the molecule is COc1cc([C@@H](C(=O)NC2CCCC2)N(C(=O)c2snc(C(N)=O)c2N)C2CCCC2)cc(OC)c1OC. The number of rotatable bonds is 10. The molecule has 1 aromatic carbocycles. The Hall–Kier alpha value is -3.54. The zero-order valence-electron chi connectivity index (χ0n) is 22.0. The van der Waals surface area contributed by atoms with Gasteiger partial charge in [0.15, 0.2) is 17.2 Å². The molecule has 3 amide bonds. The van der Waals surface area contributed by atoms with Crippen molar-refractivity contribution in [1.82, 2.24) is 14.6 Å². The number of ether oxygens (including phenoxy) is 3. The third-order valence-electron chi connectivity index (χ3n) is 7.34. The molecule has 2 aromatic rings. The zero-order valence-corrected chi connectivity index (χ0v) is 22.8. The molecule has 2 aliphatic rings. The van der Waals surface area contributed by atoms with Gasteiger partial charge in [-0.25, -0.2) is 0 Å². The lowest BCUT2D eigenvalue weighted by atomic mass is 9.99. The van der Waals surface area contributed by atoms with E-state index < -0.39 is 17.9 Å².